The number of nitrogens with zero attached hydrogens (tertiary/aromatic N) is 3. The van der Waals surface area contributed by atoms with Crippen molar-refractivity contribution in [1.82, 2.24) is 15.2 Å². The van der Waals surface area contributed by atoms with E-state index in [9.17, 15) is 19.5 Å². The molecule has 2 heterocycles. The summed E-state index contributed by atoms with van der Waals surface area (Å²) >= 11 is 0. The molecule has 9 nitrogen and oxygen atoms in total. The van der Waals surface area contributed by atoms with E-state index in [-0.39, 0.29) is 24.4 Å². The van der Waals surface area contributed by atoms with E-state index in [1.807, 2.05) is 12.1 Å². The molecule has 6 rings (SSSR count). The van der Waals surface area contributed by atoms with Crippen LogP contribution >= 0.6 is 0 Å². The molecule has 0 unspecified atom stereocenters. The molecule has 1 aromatic heterocycles. The lowest BCUT2D eigenvalue weighted by atomic mass is 9.52. The summed E-state index contributed by atoms with van der Waals surface area (Å²) < 4.78 is 0. The number of pyridine rings is 1. The summed E-state index contributed by atoms with van der Waals surface area (Å²) in [5.74, 6) is -0.238. The van der Waals surface area contributed by atoms with Gasteiger partial charge in [-0.15, -0.1) is 0 Å². The van der Waals surface area contributed by atoms with Crippen molar-refractivity contribution in [2.24, 2.45) is 17.8 Å². The number of carboxylic acid groups (broad SMARTS) is 1. The lowest BCUT2D eigenvalue weighted by Gasteiger charge is -2.58. The van der Waals surface area contributed by atoms with Crippen molar-refractivity contribution < 1.29 is 24.6 Å². The van der Waals surface area contributed by atoms with E-state index in [2.05, 4.69) is 27.0 Å². The fourth-order valence-electron chi connectivity index (χ4n) is 7.10. The van der Waals surface area contributed by atoms with Crippen molar-refractivity contribution in [3.63, 3.8) is 0 Å². The highest BCUT2D eigenvalue weighted by molar-refractivity contribution is 6.32. The van der Waals surface area contributed by atoms with Crippen molar-refractivity contribution in [1.29, 1.82) is 0 Å². The van der Waals surface area contributed by atoms with Gasteiger partial charge < -0.3 is 20.4 Å². The Kier molecular flexibility index (Phi) is 6.10. The molecule has 1 aliphatic heterocycles. The maximum Gasteiger partial charge on any atom is 0.372 e. The number of carbonyl (C=O) groups excluding carboxylic acids is 2. The van der Waals surface area contributed by atoms with Gasteiger partial charge >= 0.3 is 5.97 Å². The lowest BCUT2D eigenvalue weighted by Crippen LogP contribution is -2.61. The molecular weight excluding hydrogens is 436 g/mol. The lowest BCUT2D eigenvalue weighted by molar-refractivity contribution is -0.149. The Morgan fingerprint density at radius 2 is 1.88 bits per heavy atom. The maximum atomic E-state index is 13.1. The SMILES string of the molecule is C[C@@H]1CN(CCC(=O)C(=O)O)CCN1c1cccc(C(=O)NC2[C@@H]3CC4C[C@@H]2CC(O)(C4)C3)n1. The van der Waals surface area contributed by atoms with Gasteiger partial charge in [-0.2, -0.15) is 0 Å². The molecule has 9 heteroatoms. The average Bonchev–Trinajstić information content (AvgIpc) is 2.78. The van der Waals surface area contributed by atoms with Crippen LogP contribution in [0.3, 0.4) is 0 Å². The van der Waals surface area contributed by atoms with Crippen LogP contribution in [-0.2, 0) is 9.59 Å². The second-order valence-electron chi connectivity index (χ2n) is 10.9. The number of Topliss-reactive ketones (excluding diaryl/α,β-unsaturated/α-hetero) is 1. The molecule has 3 N–H and O–H groups in total. The molecule has 1 amide bonds. The van der Waals surface area contributed by atoms with E-state index in [0.29, 0.717) is 49.6 Å². The van der Waals surface area contributed by atoms with Crippen molar-refractivity contribution >= 4 is 23.5 Å². The maximum absolute atomic E-state index is 13.1. The summed E-state index contributed by atoms with van der Waals surface area (Å²) in [6, 6.07) is 5.76. The van der Waals surface area contributed by atoms with E-state index < -0.39 is 17.4 Å². The number of nitrogens with one attached hydrogen (secondary N) is 1. The smallest absolute Gasteiger partial charge is 0.372 e. The molecule has 4 bridgehead atoms. The molecule has 184 valence electrons. The zero-order chi connectivity index (χ0) is 24.0. The first-order chi connectivity index (χ1) is 16.2. The first-order valence-electron chi connectivity index (χ1n) is 12.5. The Labute approximate surface area is 199 Å². The number of hydrogen-bond donors (Lipinski definition) is 3. The summed E-state index contributed by atoms with van der Waals surface area (Å²) in [6.07, 6.45) is 4.70. The average molecular weight is 471 g/mol. The number of carbonyl (C=O) groups is 3. The monoisotopic (exact) mass is 470 g/mol. The summed E-state index contributed by atoms with van der Waals surface area (Å²) in [5, 5.41) is 22.8. The van der Waals surface area contributed by atoms with Crippen LogP contribution in [0.5, 0.6) is 0 Å². The molecule has 0 aromatic carbocycles. The predicted octanol–water partition coefficient (Wildman–Crippen LogP) is 1.31. The van der Waals surface area contributed by atoms with Gasteiger partial charge in [0.2, 0.25) is 5.78 Å². The highest BCUT2D eigenvalue weighted by atomic mass is 16.4. The Hall–Kier alpha value is -2.52. The van der Waals surface area contributed by atoms with Crippen molar-refractivity contribution in [3.05, 3.63) is 23.9 Å². The molecule has 34 heavy (non-hydrogen) atoms. The minimum absolute atomic E-state index is 0.0112. The Morgan fingerprint density at radius 3 is 2.53 bits per heavy atom. The first kappa shape index (κ1) is 23.2. The fourth-order valence-corrected chi connectivity index (χ4v) is 7.10. The van der Waals surface area contributed by atoms with Crippen molar-refractivity contribution in [2.75, 3.05) is 31.1 Å². The van der Waals surface area contributed by atoms with Crippen LogP contribution in [0.2, 0.25) is 0 Å². The van der Waals surface area contributed by atoms with Crippen LogP contribution in [0, 0.1) is 17.8 Å². The number of hydrogen-bond acceptors (Lipinski definition) is 7. The zero-order valence-electron chi connectivity index (χ0n) is 19.7. The molecule has 3 atom stereocenters. The van der Waals surface area contributed by atoms with E-state index in [0.717, 1.165) is 37.9 Å². The second-order valence-corrected chi connectivity index (χ2v) is 10.9. The molecule has 1 saturated heterocycles. The minimum Gasteiger partial charge on any atom is -0.476 e. The van der Waals surface area contributed by atoms with Crippen LogP contribution in [-0.4, -0.2) is 81.6 Å². The Balaban J connectivity index is 1.20. The molecule has 0 radical (unpaired) electrons. The number of rotatable bonds is 7. The first-order valence-corrected chi connectivity index (χ1v) is 12.5. The van der Waals surface area contributed by atoms with Gasteiger partial charge in [0, 0.05) is 44.7 Å². The van der Waals surface area contributed by atoms with Gasteiger partial charge in [0.05, 0.1) is 5.60 Å². The van der Waals surface area contributed by atoms with Gasteiger partial charge in [0.1, 0.15) is 11.5 Å². The molecule has 4 aliphatic carbocycles. The minimum atomic E-state index is -1.38. The van der Waals surface area contributed by atoms with E-state index in [1.54, 1.807) is 6.07 Å². The van der Waals surface area contributed by atoms with Gasteiger partial charge in [-0.3, -0.25) is 14.5 Å². The number of carboxylic acids is 1. The number of amides is 1. The summed E-state index contributed by atoms with van der Waals surface area (Å²) in [4.78, 5) is 44.2. The fraction of sp³-hybridized carbons (Fsp3) is 0.680. The molecule has 5 aliphatic rings. The number of aliphatic carboxylic acids is 1. The van der Waals surface area contributed by atoms with Gasteiger partial charge in [-0.25, -0.2) is 9.78 Å². The van der Waals surface area contributed by atoms with E-state index in [1.165, 1.54) is 0 Å². The highest BCUT2D eigenvalue weighted by Crippen LogP contribution is 2.55. The third-order valence-electron chi connectivity index (χ3n) is 8.41. The van der Waals surface area contributed by atoms with Gasteiger partial charge in [-0.05, 0) is 68.9 Å². The molecule has 1 aromatic rings. The normalized spacial score (nSPS) is 34.8. The number of anilines is 1. The number of piperazine rings is 1. The zero-order valence-corrected chi connectivity index (χ0v) is 19.7. The second kappa shape index (κ2) is 8.92. The third-order valence-corrected chi connectivity index (χ3v) is 8.41. The number of ketones is 1. The Morgan fingerprint density at radius 1 is 1.15 bits per heavy atom. The Bertz CT molecular complexity index is 968. The van der Waals surface area contributed by atoms with Crippen LogP contribution in [0.25, 0.3) is 0 Å². The predicted molar refractivity (Wildman–Crippen MR) is 125 cm³/mol. The molecular formula is C25H34N4O5. The summed E-state index contributed by atoms with van der Waals surface area (Å²) in [7, 11) is 0. The van der Waals surface area contributed by atoms with Crippen LogP contribution in [0.1, 0.15) is 55.9 Å². The summed E-state index contributed by atoms with van der Waals surface area (Å²) in [5.41, 5.74) is -0.110. The van der Waals surface area contributed by atoms with Crippen molar-refractivity contribution in [2.45, 2.75) is 63.1 Å². The van der Waals surface area contributed by atoms with Crippen molar-refractivity contribution in [3.8, 4) is 0 Å². The highest BCUT2D eigenvalue weighted by Gasteiger charge is 2.55. The topological polar surface area (TPSA) is 123 Å². The molecule has 0 spiro atoms. The number of aliphatic hydroxyl groups is 1. The largest absolute Gasteiger partial charge is 0.476 e. The van der Waals surface area contributed by atoms with Crippen LogP contribution < -0.4 is 10.2 Å². The van der Waals surface area contributed by atoms with Crippen LogP contribution in [0.4, 0.5) is 5.82 Å². The third kappa shape index (κ3) is 4.55. The van der Waals surface area contributed by atoms with Gasteiger partial charge in [0.25, 0.3) is 5.91 Å². The number of aromatic nitrogens is 1. The summed E-state index contributed by atoms with van der Waals surface area (Å²) in [6.45, 7) is 4.58. The molecule has 5 fully saturated rings. The van der Waals surface area contributed by atoms with E-state index in [4.69, 9.17) is 5.11 Å². The van der Waals surface area contributed by atoms with Gasteiger partial charge in [0.15, 0.2) is 0 Å². The van der Waals surface area contributed by atoms with Crippen LogP contribution in [0.15, 0.2) is 18.2 Å². The molecule has 4 saturated carbocycles. The standard InChI is InChI=1S/C25H34N4O5/c1-15-14-28(6-5-20(30)24(32)33)7-8-29(15)21-4-2-3-19(26-21)23(31)27-22-17-9-16-10-18(22)13-25(34,11-16)12-17/h2-4,15-18,22,34H,5-14H2,1H3,(H,27,31)(H,32,33)/t15-,16?,17-,18-,22?,25?/m1/s1. The van der Waals surface area contributed by atoms with E-state index >= 15 is 0 Å². The van der Waals surface area contributed by atoms with Gasteiger partial charge in [-0.1, -0.05) is 6.07 Å². The quantitative estimate of drug-likeness (QED) is 0.510.